The van der Waals surface area contributed by atoms with Crippen molar-refractivity contribution < 1.29 is 0 Å². The van der Waals surface area contributed by atoms with Gasteiger partial charge >= 0.3 is 0 Å². The fourth-order valence-electron chi connectivity index (χ4n) is 0. The molecular formula is H4INS2. The van der Waals surface area contributed by atoms with E-state index >= 15 is 0 Å². The van der Waals surface area contributed by atoms with E-state index in [-0.39, 0.29) is 24.0 Å². The van der Waals surface area contributed by atoms with E-state index in [4.69, 9.17) is 0 Å². The number of hydrogen-bond acceptors (Lipinski definition) is 3. The van der Waals surface area contributed by atoms with Crippen LogP contribution in [0.25, 0.3) is 0 Å². The molecule has 4 heavy (non-hydrogen) atoms. The van der Waals surface area contributed by atoms with Gasteiger partial charge in [0, 0.05) is 0 Å². The van der Waals surface area contributed by atoms with Gasteiger partial charge in [-0.2, -0.15) is 0 Å². The molecule has 0 amide bonds. The molecule has 0 saturated carbocycles. The van der Waals surface area contributed by atoms with Gasteiger partial charge in [-0.05, 0) is 0 Å². The minimum Gasteiger partial charge on any atom is -0.213 e. The SMILES string of the molecule is I.SNS. The first-order chi connectivity index (χ1) is 1.41. The van der Waals surface area contributed by atoms with E-state index < -0.39 is 0 Å². The molecular weight excluding hydrogens is 205 g/mol. The van der Waals surface area contributed by atoms with Crippen molar-refractivity contribution in [3.63, 3.8) is 0 Å². The molecule has 0 aliphatic carbocycles. The van der Waals surface area contributed by atoms with Gasteiger partial charge in [0.2, 0.25) is 0 Å². The van der Waals surface area contributed by atoms with Crippen LogP contribution < -0.4 is 4.13 Å². The van der Waals surface area contributed by atoms with Gasteiger partial charge in [0.15, 0.2) is 0 Å². The fraction of sp³-hybridized carbons (Fsp3) is 0. The third-order valence-electron chi connectivity index (χ3n) is 0. The van der Waals surface area contributed by atoms with Crippen LogP contribution >= 0.6 is 49.6 Å². The first kappa shape index (κ1) is 9.04. The third-order valence-corrected chi connectivity index (χ3v) is 0. The zero-order valence-electron chi connectivity index (χ0n) is 1.80. The van der Waals surface area contributed by atoms with E-state index in [2.05, 4.69) is 29.8 Å². The lowest BCUT2D eigenvalue weighted by Gasteiger charge is -1.57. The quantitative estimate of drug-likeness (QED) is 0.397. The van der Waals surface area contributed by atoms with Crippen LogP contribution in [0.3, 0.4) is 0 Å². The standard InChI is InChI=1S/HI.H3NS2/c;2-1-3/h1H;1-3H. The van der Waals surface area contributed by atoms with Crippen molar-refractivity contribution >= 4 is 49.6 Å². The van der Waals surface area contributed by atoms with Crippen molar-refractivity contribution in [2.45, 2.75) is 0 Å². The summed E-state index contributed by atoms with van der Waals surface area (Å²) in [6.45, 7) is 0. The normalized spacial score (nSPS) is 4.50. The zero-order chi connectivity index (χ0) is 2.71. The van der Waals surface area contributed by atoms with Crippen molar-refractivity contribution in [1.82, 2.24) is 4.13 Å². The Hall–Kier alpha value is 1.39. The Bertz CT molecular complexity index is 6.00. The van der Waals surface area contributed by atoms with Crippen LogP contribution in [0.2, 0.25) is 0 Å². The summed E-state index contributed by atoms with van der Waals surface area (Å²) in [5.41, 5.74) is 0. The van der Waals surface area contributed by atoms with Gasteiger partial charge in [-0.25, -0.2) is 4.13 Å². The summed E-state index contributed by atoms with van der Waals surface area (Å²) in [6, 6.07) is 0. The van der Waals surface area contributed by atoms with E-state index in [9.17, 15) is 0 Å². The maximum Gasteiger partial charge on any atom is -0.0891 e. The number of rotatable bonds is 0. The first-order valence-corrected chi connectivity index (χ1v) is 1.34. The average Bonchev–Trinajstić information content (AvgIpc) is 0.918. The second-order valence-corrected chi connectivity index (χ2v) is 0.900. The number of nitrogens with one attached hydrogen (secondary N) is 1. The maximum absolute atomic E-state index is 3.40. The van der Waals surface area contributed by atoms with Gasteiger partial charge in [0.05, 0.1) is 0 Å². The Balaban J connectivity index is 0. The topological polar surface area (TPSA) is 12.0 Å². The molecule has 0 bridgehead atoms. The predicted molar refractivity (Wildman–Crippen MR) is 36.5 cm³/mol. The molecule has 0 rings (SSSR count). The second kappa shape index (κ2) is 8.83. The summed E-state index contributed by atoms with van der Waals surface area (Å²) >= 11 is 6.81. The molecule has 28 valence electrons. The van der Waals surface area contributed by atoms with Crippen LogP contribution in [0, 0.1) is 0 Å². The van der Waals surface area contributed by atoms with Gasteiger partial charge in [-0.3, -0.25) is 0 Å². The summed E-state index contributed by atoms with van der Waals surface area (Å²) in [7, 11) is 0. The lowest BCUT2D eigenvalue weighted by atomic mass is 13.9. The molecule has 0 radical (unpaired) electrons. The minimum absolute atomic E-state index is 0. The third kappa shape index (κ3) is 10.0. The van der Waals surface area contributed by atoms with Crippen LogP contribution in [0.1, 0.15) is 0 Å². The minimum atomic E-state index is 0. The van der Waals surface area contributed by atoms with Gasteiger partial charge in [0.25, 0.3) is 0 Å². The largest absolute Gasteiger partial charge is 0.213 e. The van der Waals surface area contributed by atoms with Crippen molar-refractivity contribution in [3.8, 4) is 0 Å². The molecule has 0 aliphatic rings. The van der Waals surface area contributed by atoms with Gasteiger partial charge in [-0.1, -0.05) is 25.6 Å². The Morgan fingerprint density at radius 3 is 1.25 bits per heavy atom. The summed E-state index contributed by atoms with van der Waals surface area (Å²) in [5.74, 6) is 0. The molecule has 0 aromatic carbocycles. The van der Waals surface area contributed by atoms with Gasteiger partial charge in [-0.15, -0.1) is 24.0 Å². The van der Waals surface area contributed by atoms with E-state index in [1.807, 2.05) is 0 Å². The predicted octanol–water partition coefficient (Wildman–Crippen LogP) is 0.884. The fourth-order valence-corrected chi connectivity index (χ4v) is 0. The summed E-state index contributed by atoms with van der Waals surface area (Å²) in [6.07, 6.45) is 0. The van der Waals surface area contributed by atoms with E-state index in [0.29, 0.717) is 0 Å². The first-order valence-electron chi connectivity index (χ1n) is 0.447. The lowest BCUT2D eigenvalue weighted by molar-refractivity contribution is 1.83. The molecule has 1 nitrogen and oxygen atoms in total. The molecule has 0 aromatic rings. The van der Waals surface area contributed by atoms with Crippen molar-refractivity contribution in [3.05, 3.63) is 0 Å². The summed E-state index contributed by atoms with van der Waals surface area (Å²) < 4.78 is 2.14. The molecule has 0 atom stereocenters. The molecule has 0 saturated heterocycles. The Morgan fingerprint density at radius 1 is 1.25 bits per heavy atom. The van der Waals surface area contributed by atoms with Crippen molar-refractivity contribution in [1.29, 1.82) is 0 Å². The molecule has 4 heteroatoms. The van der Waals surface area contributed by atoms with Crippen LogP contribution in [0.4, 0.5) is 0 Å². The van der Waals surface area contributed by atoms with Crippen LogP contribution in [-0.2, 0) is 0 Å². The highest BCUT2D eigenvalue weighted by Crippen LogP contribution is 1.54. The molecule has 0 unspecified atom stereocenters. The molecule has 0 heterocycles. The number of thiol groups is 2. The van der Waals surface area contributed by atoms with E-state index in [1.165, 1.54) is 0 Å². The molecule has 0 aromatic heterocycles. The van der Waals surface area contributed by atoms with Crippen molar-refractivity contribution in [2.75, 3.05) is 0 Å². The summed E-state index contributed by atoms with van der Waals surface area (Å²) in [4.78, 5) is 0. The Morgan fingerprint density at radius 2 is 1.25 bits per heavy atom. The number of hydrogen-bond donors (Lipinski definition) is 3. The lowest BCUT2D eigenvalue weighted by Crippen LogP contribution is -1.60. The second-order valence-electron chi connectivity index (χ2n) is 0.100. The van der Waals surface area contributed by atoms with E-state index in [1.54, 1.807) is 0 Å². The van der Waals surface area contributed by atoms with Crippen LogP contribution in [0.5, 0.6) is 0 Å². The number of halogens is 1. The van der Waals surface area contributed by atoms with Crippen LogP contribution in [0.15, 0.2) is 0 Å². The Labute approximate surface area is 53.6 Å². The smallest absolute Gasteiger partial charge is 0.0891 e. The highest BCUT2D eigenvalue weighted by molar-refractivity contribution is 14.0. The molecule has 0 spiro atoms. The van der Waals surface area contributed by atoms with Gasteiger partial charge in [0.1, 0.15) is 0 Å². The molecule has 0 fully saturated rings. The molecule has 1 N–H and O–H groups in total. The highest BCUT2D eigenvalue weighted by Gasteiger charge is 1.26. The maximum atomic E-state index is 3.40. The average molecular weight is 209 g/mol. The zero-order valence-corrected chi connectivity index (χ0v) is 5.92. The monoisotopic (exact) mass is 209 g/mol. The van der Waals surface area contributed by atoms with E-state index in [0.717, 1.165) is 0 Å². The summed E-state index contributed by atoms with van der Waals surface area (Å²) in [5, 5.41) is 0. The Kier molecular flexibility index (Phi) is 20.0. The van der Waals surface area contributed by atoms with Gasteiger partial charge < -0.3 is 0 Å². The van der Waals surface area contributed by atoms with Crippen LogP contribution in [-0.4, -0.2) is 0 Å². The molecule has 0 aliphatic heterocycles. The highest BCUT2D eigenvalue weighted by atomic mass is 127. The van der Waals surface area contributed by atoms with Crippen molar-refractivity contribution in [2.24, 2.45) is 0 Å².